The molecule has 0 spiro atoms. The van der Waals surface area contributed by atoms with E-state index in [9.17, 15) is 0 Å². The molecule has 3 heteroatoms. The molecule has 2 rings (SSSR count). The number of nitrogens with zero attached hydrogens (tertiary/aromatic N) is 1. The van der Waals surface area contributed by atoms with E-state index in [2.05, 4.69) is 24.3 Å². The summed E-state index contributed by atoms with van der Waals surface area (Å²) in [5.74, 6) is 2.55. The Balaban J connectivity index is 1.78. The fourth-order valence-corrected chi connectivity index (χ4v) is 2.04. The van der Waals surface area contributed by atoms with Gasteiger partial charge < -0.3 is 9.84 Å². The highest BCUT2D eigenvalue weighted by Crippen LogP contribution is 2.33. The fraction of sp³-hybridized carbons (Fsp3) is 0.727. The van der Waals surface area contributed by atoms with Gasteiger partial charge in [-0.3, -0.25) is 0 Å². The van der Waals surface area contributed by atoms with Gasteiger partial charge in [-0.2, -0.15) is 0 Å². The van der Waals surface area contributed by atoms with Crippen molar-refractivity contribution in [1.29, 1.82) is 0 Å². The van der Waals surface area contributed by atoms with E-state index in [0.717, 1.165) is 29.8 Å². The molecule has 1 aliphatic rings. The van der Waals surface area contributed by atoms with Crippen LogP contribution in [0.5, 0.6) is 0 Å². The summed E-state index contributed by atoms with van der Waals surface area (Å²) >= 11 is 0. The summed E-state index contributed by atoms with van der Waals surface area (Å²) in [5.41, 5.74) is 1.01. The van der Waals surface area contributed by atoms with Gasteiger partial charge in [0.05, 0.1) is 5.69 Å². The first-order valence-electron chi connectivity index (χ1n) is 5.32. The zero-order chi connectivity index (χ0) is 10.1. The number of aromatic nitrogens is 1. The van der Waals surface area contributed by atoms with E-state index in [-0.39, 0.29) is 0 Å². The van der Waals surface area contributed by atoms with Crippen molar-refractivity contribution >= 4 is 0 Å². The maximum absolute atomic E-state index is 5.01. The molecule has 1 fully saturated rings. The van der Waals surface area contributed by atoms with E-state index in [4.69, 9.17) is 4.52 Å². The van der Waals surface area contributed by atoms with Crippen LogP contribution in [0.15, 0.2) is 10.6 Å². The van der Waals surface area contributed by atoms with Crippen LogP contribution in [0.3, 0.4) is 0 Å². The summed E-state index contributed by atoms with van der Waals surface area (Å²) < 4.78 is 5.01. The van der Waals surface area contributed by atoms with Crippen molar-refractivity contribution in [2.75, 3.05) is 0 Å². The Morgan fingerprint density at radius 1 is 1.57 bits per heavy atom. The third kappa shape index (κ3) is 1.82. The average Bonchev–Trinajstić information content (AvgIpc) is 2.58. The number of rotatable bonds is 3. The van der Waals surface area contributed by atoms with Gasteiger partial charge in [0.15, 0.2) is 0 Å². The Bertz CT molecular complexity index is 308. The predicted octanol–water partition coefficient (Wildman–Crippen LogP) is 2.12. The highest BCUT2D eigenvalue weighted by molar-refractivity contribution is 5.03. The first-order valence-corrected chi connectivity index (χ1v) is 5.32. The minimum Gasteiger partial charge on any atom is -0.361 e. The Morgan fingerprint density at radius 2 is 2.36 bits per heavy atom. The number of hydrogen-bond donors (Lipinski definition) is 1. The summed E-state index contributed by atoms with van der Waals surface area (Å²) in [6.07, 6.45) is 1.29. The monoisotopic (exact) mass is 194 g/mol. The van der Waals surface area contributed by atoms with Gasteiger partial charge in [-0.05, 0) is 25.2 Å². The Morgan fingerprint density at radius 3 is 2.86 bits per heavy atom. The second kappa shape index (κ2) is 3.73. The van der Waals surface area contributed by atoms with E-state index in [1.54, 1.807) is 0 Å². The third-order valence-corrected chi connectivity index (χ3v) is 3.38. The molecule has 0 radical (unpaired) electrons. The molecule has 0 saturated heterocycles. The smallest absolute Gasteiger partial charge is 0.133 e. The molecule has 78 valence electrons. The van der Waals surface area contributed by atoms with Crippen LogP contribution in [0.2, 0.25) is 0 Å². The van der Waals surface area contributed by atoms with Gasteiger partial charge in [0.2, 0.25) is 0 Å². The lowest BCUT2D eigenvalue weighted by Crippen LogP contribution is -2.47. The normalized spacial score (nSPS) is 31.5. The van der Waals surface area contributed by atoms with Crippen LogP contribution in [0.25, 0.3) is 0 Å². The Hall–Kier alpha value is -0.830. The van der Waals surface area contributed by atoms with E-state index in [1.807, 2.05) is 13.0 Å². The van der Waals surface area contributed by atoms with Gasteiger partial charge >= 0.3 is 0 Å². The molecule has 14 heavy (non-hydrogen) atoms. The summed E-state index contributed by atoms with van der Waals surface area (Å²) in [7, 11) is 0. The van der Waals surface area contributed by atoms with Crippen LogP contribution >= 0.6 is 0 Å². The van der Waals surface area contributed by atoms with Crippen LogP contribution in [0, 0.1) is 18.8 Å². The van der Waals surface area contributed by atoms with E-state index >= 15 is 0 Å². The SMILES string of the molecule is Cc1cc(CNC2CC(C)C2C)no1. The summed E-state index contributed by atoms with van der Waals surface area (Å²) in [4.78, 5) is 0. The van der Waals surface area contributed by atoms with Crippen molar-refractivity contribution in [3.05, 3.63) is 17.5 Å². The number of hydrogen-bond acceptors (Lipinski definition) is 3. The van der Waals surface area contributed by atoms with Crippen molar-refractivity contribution in [2.45, 2.75) is 39.8 Å². The van der Waals surface area contributed by atoms with Crippen molar-refractivity contribution in [3.63, 3.8) is 0 Å². The molecule has 0 aromatic carbocycles. The lowest BCUT2D eigenvalue weighted by atomic mass is 9.71. The number of nitrogens with one attached hydrogen (secondary N) is 1. The van der Waals surface area contributed by atoms with Gasteiger partial charge in [0.1, 0.15) is 5.76 Å². The zero-order valence-corrected chi connectivity index (χ0v) is 9.08. The minimum absolute atomic E-state index is 0.669. The topological polar surface area (TPSA) is 38.1 Å². The van der Waals surface area contributed by atoms with Gasteiger partial charge in [-0.1, -0.05) is 19.0 Å². The molecule has 1 aliphatic carbocycles. The highest BCUT2D eigenvalue weighted by atomic mass is 16.5. The molecule has 0 amide bonds. The Labute approximate surface area is 84.9 Å². The molecule has 1 aromatic heterocycles. The van der Waals surface area contributed by atoms with Crippen LogP contribution < -0.4 is 5.32 Å². The lowest BCUT2D eigenvalue weighted by Gasteiger charge is -2.41. The van der Waals surface area contributed by atoms with Gasteiger partial charge in [-0.25, -0.2) is 0 Å². The zero-order valence-electron chi connectivity index (χ0n) is 9.08. The molecule has 1 aromatic rings. The van der Waals surface area contributed by atoms with Gasteiger partial charge in [0, 0.05) is 18.7 Å². The lowest BCUT2D eigenvalue weighted by molar-refractivity contribution is 0.136. The third-order valence-electron chi connectivity index (χ3n) is 3.38. The average molecular weight is 194 g/mol. The van der Waals surface area contributed by atoms with Gasteiger partial charge in [0.25, 0.3) is 0 Å². The molecule has 1 N–H and O–H groups in total. The van der Waals surface area contributed by atoms with Crippen LogP contribution in [0.1, 0.15) is 31.7 Å². The molecule has 1 heterocycles. The molecule has 0 aliphatic heterocycles. The van der Waals surface area contributed by atoms with Crippen molar-refractivity contribution in [1.82, 2.24) is 10.5 Å². The largest absolute Gasteiger partial charge is 0.361 e. The standard InChI is InChI=1S/C11H18N2O/c1-7-4-11(9(7)3)12-6-10-5-8(2)14-13-10/h5,7,9,11-12H,4,6H2,1-3H3. The molecule has 1 saturated carbocycles. The quantitative estimate of drug-likeness (QED) is 0.801. The highest BCUT2D eigenvalue weighted by Gasteiger charge is 2.33. The van der Waals surface area contributed by atoms with Crippen LogP contribution in [0.4, 0.5) is 0 Å². The summed E-state index contributed by atoms with van der Waals surface area (Å²) in [5, 5.41) is 7.46. The molecular formula is C11H18N2O. The fourth-order valence-electron chi connectivity index (χ4n) is 2.04. The molecule has 3 atom stereocenters. The summed E-state index contributed by atoms with van der Waals surface area (Å²) in [6, 6.07) is 2.65. The maximum Gasteiger partial charge on any atom is 0.133 e. The first kappa shape index (κ1) is 9.71. The van der Waals surface area contributed by atoms with E-state index in [1.165, 1.54) is 6.42 Å². The Kier molecular flexibility index (Phi) is 2.59. The molecular weight excluding hydrogens is 176 g/mol. The maximum atomic E-state index is 5.01. The molecule has 3 unspecified atom stereocenters. The summed E-state index contributed by atoms with van der Waals surface area (Å²) in [6.45, 7) is 7.37. The number of aryl methyl sites for hydroxylation is 1. The second-order valence-electron chi connectivity index (χ2n) is 4.49. The van der Waals surface area contributed by atoms with Gasteiger partial charge in [-0.15, -0.1) is 0 Å². The second-order valence-corrected chi connectivity index (χ2v) is 4.49. The van der Waals surface area contributed by atoms with Crippen molar-refractivity contribution in [2.24, 2.45) is 11.8 Å². The first-order chi connectivity index (χ1) is 6.66. The van der Waals surface area contributed by atoms with E-state index < -0.39 is 0 Å². The van der Waals surface area contributed by atoms with Crippen molar-refractivity contribution < 1.29 is 4.52 Å². The molecule has 0 bridgehead atoms. The van der Waals surface area contributed by atoms with Crippen LogP contribution in [-0.2, 0) is 6.54 Å². The predicted molar refractivity (Wildman–Crippen MR) is 54.8 cm³/mol. The minimum atomic E-state index is 0.669. The molecule has 3 nitrogen and oxygen atoms in total. The van der Waals surface area contributed by atoms with E-state index in [0.29, 0.717) is 6.04 Å². The van der Waals surface area contributed by atoms with Crippen LogP contribution in [-0.4, -0.2) is 11.2 Å². The van der Waals surface area contributed by atoms with Crippen molar-refractivity contribution in [3.8, 4) is 0 Å².